The molecule has 8 nitrogen and oxygen atoms in total. The van der Waals surface area contributed by atoms with Crippen molar-refractivity contribution in [3.05, 3.63) is 46.7 Å². The number of amides is 2. The lowest BCUT2D eigenvalue weighted by Gasteiger charge is -2.35. The van der Waals surface area contributed by atoms with E-state index >= 15 is 0 Å². The predicted octanol–water partition coefficient (Wildman–Crippen LogP) is 2.02. The van der Waals surface area contributed by atoms with Gasteiger partial charge in [-0.15, -0.1) is 0 Å². The molecule has 1 aliphatic rings. The smallest absolute Gasteiger partial charge is 0.338 e. The van der Waals surface area contributed by atoms with Gasteiger partial charge in [0.15, 0.2) is 0 Å². The van der Waals surface area contributed by atoms with Crippen LogP contribution in [-0.4, -0.2) is 56.8 Å². The standard InChI is InChI=1S/C19H24N2O6/c1-5-21-12(2)15(18(23)27-11-10-25-3)16(20-19(21)24)13-8-6-7-9-14(13)17(22)26-4/h6-9,16H,5,10-11H2,1-4H3,(H,20,24). The van der Waals surface area contributed by atoms with Crippen LogP contribution in [0.5, 0.6) is 0 Å². The molecule has 2 rings (SSSR count). The number of nitrogens with zero attached hydrogens (tertiary/aromatic N) is 1. The molecule has 27 heavy (non-hydrogen) atoms. The fraction of sp³-hybridized carbons (Fsp3) is 0.421. The molecular formula is C19H24N2O6. The van der Waals surface area contributed by atoms with E-state index in [0.29, 0.717) is 17.8 Å². The van der Waals surface area contributed by atoms with Crippen LogP contribution in [0.4, 0.5) is 4.79 Å². The highest BCUT2D eigenvalue weighted by Crippen LogP contribution is 2.33. The second-order valence-electron chi connectivity index (χ2n) is 5.83. The number of ether oxygens (including phenoxy) is 3. The molecule has 1 aromatic carbocycles. The van der Waals surface area contributed by atoms with Crippen molar-refractivity contribution < 1.29 is 28.6 Å². The van der Waals surface area contributed by atoms with Crippen molar-refractivity contribution in [1.82, 2.24) is 10.2 Å². The predicted molar refractivity (Wildman–Crippen MR) is 97.0 cm³/mol. The van der Waals surface area contributed by atoms with E-state index < -0.39 is 18.0 Å². The molecule has 1 heterocycles. The first-order valence-corrected chi connectivity index (χ1v) is 8.58. The van der Waals surface area contributed by atoms with Crippen LogP contribution in [0.25, 0.3) is 0 Å². The molecule has 0 aromatic heterocycles. The largest absolute Gasteiger partial charge is 0.465 e. The van der Waals surface area contributed by atoms with Gasteiger partial charge in [-0.05, 0) is 25.5 Å². The molecule has 1 atom stereocenters. The second kappa shape index (κ2) is 9.18. The Hall–Kier alpha value is -2.87. The molecule has 146 valence electrons. The molecule has 8 heteroatoms. The third kappa shape index (κ3) is 4.28. The number of hydrogen-bond acceptors (Lipinski definition) is 6. The zero-order chi connectivity index (χ0) is 20.0. The zero-order valence-corrected chi connectivity index (χ0v) is 15.9. The van der Waals surface area contributed by atoms with E-state index in [-0.39, 0.29) is 30.4 Å². The van der Waals surface area contributed by atoms with Crippen LogP contribution in [0.2, 0.25) is 0 Å². The van der Waals surface area contributed by atoms with Crippen LogP contribution >= 0.6 is 0 Å². The van der Waals surface area contributed by atoms with Crippen LogP contribution < -0.4 is 5.32 Å². The topological polar surface area (TPSA) is 94.2 Å². The fourth-order valence-electron chi connectivity index (χ4n) is 3.00. The van der Waals surface area contributed by atoms with Crippen molar-refractivity contribution in [2.75, 3.05) is 34.0 Å². The van der Waals surface area contributed by atoms with Crippen LogP contribution in [0.15, 0.2) is 35.5 Å². The van der Waals surface area contributed by atoms with Gasteiger partial charge >= 0.3 is 18.0 Å². The average Bonchev–Trinajstić information content (AvgIpc) is 2.67. The Morgan fingerprint density at radius 2 is 1.85 bits per heavy atom. The lowest BCUT2D eigenvalue weighted by Crippen LogP contribution is -2.48. The molecule has 0 saturated heterocycles. The summed E-state index contributed by atoms with van der Waals surface area (Å²) in [5.41, 5.74) is 1.48. The number of carbonyl (C=O) groups excluding carboxylic acids is 3. The maximum absolute atomic E-state index is 12.8. The normalized spacial score (nSPS) is 16.8. The molecular weight excluding hydrogens is 352 g/mol. The molecule has 2 amide bonds. The number of esters is 2. The van der Waals surface area contributed by atoms with E-state index in [4.69, 9.17) is 14.2 Å². The minimum atomic E-state index is -0.828. The quantitative estimate of drug-likeness (QED) is 0.578. The van der Waals surface area contributed by atoms with Crippen molar-refractivity contribution in [3.63, 3.8) is 0 Å². The van der Waals surface area contributed by atoms with Gasteiger partial charge < -0.3 is 19.5 Å². The van der Waals surface area contributed by atoms with E-state index in [1.807, 2.05) is 0 Å². The molecule has 1 N–H and O–H groups in total. The first-order chi connectivity index (χ1) is 13.0. The maximum Gasteiger partial charge on any atom is 0.338 e. The summed E-state index contributed by atoms with van der Waals surface area (Å²) in [7, 11) is 2.78. The summed E-state index contributed by atoms with van der Waals surface area (Å²) in [6, 6.07) is 5.49. The Balaban J connectivity index is 2.53. The first-order valence-electron chi connectivity index (χ1n) is 8.58. The van der Waals surface area contributed by atoms with Crippen molar-refractivity contribution in [2.45, 2.75) is 19.9 Å². The number of hydrogen-bond donors (Lipinski definition) is 1. The zero-order valence-electron chi connectivity index (χ0n) is 15.9. The minimum absolute atomic E-state index is 0.0809. The Labute approximate surface area is 158 Å². The summed E-state index contributed by atoms with van der Waals surface area (Å²) in [4.78, 5) is 38.8. The number of carbonyl (C=O) groups is 3. The van der Waals surface area contributed by atoms with Gasteiger partial charge in [0.1, 0.15) is 6.61 Å². The molecule has 1 aliphatic heterocycles. The van der Waals surface area contributed by atoms with Gasteiger partial charge in [-0.3, -0.25) is 4.90 Å². The van der Waals surface area contributed by atoms with Gasteiger partial charge in [0, 0.05) is 19.4 Å². The van der Waals surface area contributed by atoms with E-state index in [1.54, 1.807) is 38.1 Å². The number of benzene rings is 1. The van der Waals surface area contributed by atoms with Crippen molar-refractivity contribution in [3.8, 4) is 0 Å². The van der Waals surface area contributed by atoms with Crippen molar-refractivity contribution in [2.24, 2.45) is 0 Å². The first kappa shape index (κ1) is 20.4. The van der Waals surface area contributed by atoms with E-state index in [1.165, 1.54) is 19.1 Å². The molecule has 0 saturated carbocycles. The molecule has 1 unspecified atom stereocenters. The summed E-state index contributed by atoms with van der Waals surface area (Å²) >= 11 is 0. The van der Waals surface area contributed by atoms with E-state index in [9.17, 15) is 14.4 Å². The fourth-order valence-corrected chi connectivity index (χ4v) is 3.00. The highest BCUT2D eigenvalue weighted by atomic mass is 16.6. The van der Waals surface area contributed by atoms with Gasteiger partial charge in [-0.2, -0.15) is 0 Å². The van der Waals surface area contributed by atoms with Gasteiger partial charge in [-0.1, -0.05) is 18.2 Å². The third-order valence-electron chi connectivity index (χ3n) is 4.33. The van der Waals surface area contributed by atoms with Crippen LogP contribution in [0, 0.1) is 0 Å². The third-order valence-corrected chi connectivity index (χ3v) is 4.33. The molecule has 0 bridgehead atoms. The SMILES string of the molecule is CCN1C(=O)NC(c2ccccc2C(=O)OC)C(C(=O)OCCOC)=C1C. The van der Waals surface area contributed by atoms with Gasteiger partial charge in [-0.25, -0.2) is 14.4 Å². The molecule has 0 fully saturated rings. The highest BCUT2D eigenvalue weighted by Gasteiger charge is 2.37. The number of nitrogens with one attached hydrogen (secondary N) is 1. The molecule has 1 aromatic rings. The summed E-state index contributed by atoms with van der Waals surface area (Å²) in [5.74, 6) is -1.13. The minimum Gasteiger partial charge on any atom is -0.465 e. The molecule has 0 aliphatic carbocycles. The summed E-state index contributed by atoms with van der Waals surface area (Å²) in [6.45, 7) is 4.21. The van der Waals surface area contributed by atoms with E-state index in [2.05, 4.69) is 5.32 Å². The number of methoxy groups -OCH3 is 2. The summed E-state index contributed by atoms with van der Waals surface area (Å²) in [5, 5.41) is 2.79. The lowest BCUT2D eigenvalue weighted by molar-refractivity contribution is -0.140. The van der Waals surface area contributed by atoms with Gasteiger partial charge in [0.05, 0.1) is 30.9 Å². The average molecular weight is 376 g/mol. The maximum atomic E-state index is 12.8. The molecule has 0 spiro atoms. The Kier molecular flexibility index (Phi) is 6.95. The summed E-state index contributed by atoms with van der Waals surface area (Å²) in [6.07, 6.45) is 0. The monoisotopic (exact) mass is 376 g/mol. The van der Waals surface area contributed by atoms with E-state index in [0.717, 1.165) is 0 Å². The van der Waals surface area contributed by atoms with Crippen LogP contribution in [0.3, 0.4) is 0 Å². The number of rotatable bonds is 7. The lowest BCUT2D eigenvalue weighted by atomic mass is 9.91. The second-order valence-corrected chi connectivity index (χ2v) is 5.83. The Morgan fingerprint density at radius 3 is 2.48 bits per heavy atom. The Bertz CT molecular complexity index is 758. The van der Waals surface area contributed by atoms with Crippen LogP contribution in [-0.2, 0) is 19.0 Å². The number of urea groups is 1. The van der Waals surface area contributed by atoms with Gasteiger partial charge in [0.2, 0.25) is 0 Å². The highest BCUT2D eigenvalue weighted by molar-refractivity contribution is 5.97. The van der Waals surface area contributed by atoms with Crippen molar-refractivity contribution in [1.29, 1.82) is 0 Å². The number of allylic oxidation sites excluding steroid dienone is 1. The van der Waals surface area contributed by atoms with Gasteiger partial charge in [0.25, 0.3) is 0 Å². The summed E-state index contributed by atoms with van der Waals surface area (Å²) < 4.78 is 15.0. The molecule has 0 radical (unpaired) electrons. The van der Waals surface area contributed by atoms with Crippen LogP contribution in [0.1, 0.15) is 35.8 Å². The Morgan fingerprint density at radius 1 is 1.15 bits per heavy atom. The van der Waals surface area contributed by atoms with Crippen molar-refractivity contribution >= 4 is 18.0 Å².